The topological polar surface area (TPSA) is 122 Å². The molecule has 11 heteroatoms. The number of esters is 3. The fourth-order valence-electron chi connectivity index (χ4n) is 4.09. The number of allylic oxidation sites excluding steroid dienone is 1. The molecule has 0 spiro atoms. The van der Waals surface area contributed by atoms with Gasteiger partial charge in [-0.05, 0) is 48.4 Å². The maximum absolute atomic E-state index is 13.7. The van der Waals surface area contributed by atoms with E-state index in [2.05, 4.69) is 4.99 Å². The van der Waals surface area contributed by atoms with Crippen LogP contribution in [0.15, 0.2) is 63.5 Å². The quantitative estimate of drug-likeness (QED) is 0.347. The van der Waals surface area contributed by atoms with E-state index >= 15 is 0 Å². The van der Waals surface area contributed by atoms with Crippen molar-refractivity contribution in [2.75, 3.05) is 14.2 Å². The molecule has 0 unspecified atom stereocenters. The third-order valence-corrected chi connectivity index (χ3v) is 6.58. The number of carbonyl (C=O) groups is 3. The number of thiazole rings is 1. The minimum Gasteiger partial charge on any atom is -0.493 e. The van der Waals surface area contributed by atoms with Gasteiger partial charge in [0, 0.05) is 13.8 Å². The second-order valence-corrected chi connectivity index (χ2v) is 9.25. The predicted molar refractivity (Wildman–Crippen MR) is 138 cm³/mol. The highest BCUT2D eigenvalue weighted by Crippen LogP contribution is 2.36. The Labute approximate surface area is 221 Å². The molecular formula is C27H24N2O8S. The van der Waals surface area contributed by atoms with Crippen LogP contribution in [0.1, 0.15) is 37.9 Å². The molecule has 1 aliphatic rings. The van der Waals surface area contributed by atoms with Crippen molar-refractivity contribution >= 4 is 35.3 Å². The van der Waals surface area contributed by atoms with Gasteiger partial charge in [-0.15, -0.1) is 0 Å². The van der Waals surface area contributed by atoms with Crippen molar-refractivity contribution in [3.05, 3.63) is 84.5 Å². The molecule has 1 aliphatic heterocycles. The van der Waals surface area contributed by atoms with Gasteiger partial charge in [0.05, 0.1) is 36.1 Å². The average molecular weight is 537 g/mol. The zero-order valence-electron chi connectivity index (χ0n) is 21.3. The zero-order chi connectivity index (χ0) is 27.6. The standard InChI is InChI=1S/C27H24N2O8S/c1-14-23(26(33)35-5)24(18-9-10-20(37-16(3)31)21(13-18)34-4)29-25(32)22(38-27(29)28-14)12-17-7-6-8-19(11-17)36-15(2)30/h6-13,24H,1-5H3/b22-12-/t24-/m0/s1. The first-order valence-corrected chi connectivity index (χ1v) is 12.2. The lowest BCUT2D eigenvalue weighted by Crippen LogP contribution is -2.39. The summed E-state index contributed by atoms with van der Waals surface area (Å²) in [6, 6.07) is 10.7. The lowest BCUT2D eigenvalue weighted by molar-refractivity contribution is -0.136. The van der Waals surface area contributed by atoms with Gasteiger partial charge in [0.25, 0.3) is 5.56 Å². The van der Waals surface area contributed by atoms with Crippen LogP contribution < -0.4 is 29.1 Å². The highest BCUT2D eigenvalue weighted by Gasteiger charge is 2.33. The van der Waals surface area contributed by atoms with Gasteiger partial charge >= 0.3 is 17.9 Å². The first-order chi connectivity index (χ1) is 18.1. The molecule has 1 aromatic heterocycles. The summed E-state index contributed by atoms with van der Waals surface area (Å²) in [5.41, 5.74) is 1.37. The molecule has 0 saturated carbocycles. The molecule has 2 aromatic carbocycles. The summed E-state index contributed by atoms with van der Waals surface area (Å²) < 4.78 is 22.6. The Morgan fingerprint density at radius 1 is 1.00 bits per heavy atom. The van der Waals surface area contributed by atoms with Gasteiger partial charge < -0.3 is 18.9 Å². The Morgan fingerprint density at radius 2 is 1.74 bits per heavy atom. The Morgan fingerprint density at radius 3 is 2.39 bits per heavy atom. The van der Waals surface area contributed by atoms with Crippen LogP contribution in [-0.2, 0) is 19.1 Å². The van der Waals surface area contributed by atoms with E-state index in [0.717, 1.165) is 11.3 Å². The van der Waals surface area contributed by atoms with E-state index in [0.29, 0.717) is 31.9 Å². The van der Waals surface area contributed by atoms with Crippen LogP contribution in [0.25, 0.3) is 6.08 Å². The number of aromatic nitrogens is 1. The molecule has 196 valence electrons. The summed E-state index contributed by atoms with van der Waals surface area (Å²) >= 11 is 1.16. The molecule has 0 amide bonds. The number of nitrogens with zero attached hydrogens (tertiary/aromatic N) is 2. The van der Waals surface area contributed by atoms with Gasteiger partial charge in [-0.3, -0.25) is 19.0 Å². The minimum atomic E-state index is -0.881. The largest absolute Gasteiger partial charge is 0.493 e. The predicted octanol–water partition coefficient (Wildman–Crippen LogP) is 2.27. The number of ether oxygens (including phenoxy) is 4. The molecule has 2 heterocycles. The van der Waals surface area contributed by atoms with Gasteiger partial charge in [0.2, 0.25) is 0 Å². The number of hydrogen-bond acceptors (Lipinski definition) is 10. The Hall–Kier alpha value is -4.51. The first kappa shape index (κ1) is 26.6. The second kappa shape index (κ2) is 10.9. The molecule has 4 rings (SSSR count). The van der Waals surface area contributed by atoms with E-state index in [1.807, 2.05) is 0 Å². The van der Waals surface area contributed by atoms with Crippen molar-refractivity contribution in [1.29, 1.82) is 0 Å². The molecule has 3 aromatic rings. The van der Waals surface area contributed by atoms with E-state index in [-0.39, 0.29) is 22.6 Å². The molecule has 0 fully saturated rings. The molecular weight excluding hydrogens is 512 g/mol. The first-order valence-electron chi connectivity index (χ1n) is 11.4. The van der Waals surface area contributed by atoms with Crippen molar-refractivity contribution in [3.63, 3.8) is 0 Å². The van der Waals surface area contributed by atoms with Crippen LogP contribution in [0.2, 0.25) is 0 Å². The van der Waals surface area contributed by atoms with Crippen molar-refractivity contribution in [2.24, 2.45) is 4.99 Å². The van der Waals surface area contributed by atoms with E-state index < -0.39 is 23.9 Å². The van der Waals surface area contributed by atoms with Crippen LogP contribution >= 0.6 is 11.3 Å². The van der Waals surface area contributed by atoms with Gasteiger partial charge in [-0.2, -0.15) is 0 Å². The fourth-order valence-corrected chi connectivity index (χ4v) is 5.13. The van der Waals surface area contributed by atoms with Crippen molar-refractivity contribution in [2.45, 2.75) is 26.8 Å². The van der Waals surface area contributed by atoms with Gasteiger partial charge in [-0.25, -0.2) is 9.79 Å². The monoisotopic (exact) mass is 536 g/mol. The summed E-state index contributed by atoms with van der Waals surface area (Å²) in [7, 11) is 2.68. The highest BCUT2D eigenvalue weighted by atomic mass is 32.1. The van der Waals surface area contributed by atoms with Crippen LogP contribution in [0.5, 0.6) is 17.2 Å². The van der Waals surface area contributed by atoms with Crippen LogP contribution in [0.3, 0.4) is 0 Å². The maximum Gasteiger partial charge on any atom is 0.338 e. The summed E-state index contributed by atoms with van der Waals surface area (Å²) in [6.07, 6.45) is 1.66. The van der Waals surface area contributed by atoms with Gasteiger partial charge in [0.15, 0.2) is 16.3 Å². The number of hydrogen-bond donors (Lipinski definition) is 0. The summed E-state index contributed by atoms with van der Waals surface area (Å²) in [4.78, 5) is 54.3. The number of methoxy groups -OCH3 is 2. The number of fused-ring (bicyclic) bond motifs is 1. The smallest absolute Gasteiger partial charge is 0.338 e. The maximum atomic E-state index is 13.7. The summed E-state index contributed by atoms with van der Waals surface area (Å²) in [5, 5.41) is 0. The molecule has 0 aliphatic carbocycles. The van der Waals surface area contributed by atoms with Crippen molar-refractivity contribution < 1.29 is 33.3 Å². The lowest BCUT2D eigenvalue weighted by Gasteiger charge is -2.25. The molecule has 0 saturated heterocycles. The third kappa shape index (κ3) is 5.28. The Balaban J connectivity index is 1.92. The van der Waals surface area contributed by atoms with Crippen molar-refractivity contribution in [1.82, 2.24) is 4.57 Å². The van der Waals surface area contributed by atoms with E-state index in [1.165, 1.54) is 38.7 Å². The van der Waals surface area contributed by atoms with E-state index in [4.69, 9.17) is 18.9 Å². The minimum absolute atomic E-state index is 0.186. The Kier molecular flexibility index (Phi) is 7.58. The second-order valence-electron chi connectivity index (χ2n) is 8.24. The van der Waals surface area contributed by atoms with Gasteiger partial charge in [0.1, 0.15) is 5.75 Å². The molecule has 0 bridgehead atoms. The molecule has 0 N–H and O–H groups in total. The average Bonchev–Trinajstić information content (AvgIpc) is 3.16. The van der Waals surface area contributed by atoms with Crippen molar-refractivity contribution in [3.8, 4) is 17.2 Å². The van der Waals surface area contributed by atoms with Crippen LogP contribution in [0.4, 0.5) is 0 Å². The molecule has 38 heavy (non-hydrogen) atoms. The molecule has 1 atom stereocenters. The summed E-state index contributed by atoms with van der Waals surface area (Å²) in [5.74, 6) is -0.816. The summed E-state index contributed by atoms with van der Waals surface area (Å²) in [6.45, 7) is 4.25. The zero-order valence-corrected chi connectivity index (χ0v) is 22.1. The Bertz CT molecular complexity index is 1660. The number of benzene rings is 2. The molecule has 0 radical (unpaired) electrons. The van der Waals surface area contributed by atoms with Crippen LogP contribution in [0, 0.1) is 0 Å². The fraction of sp³-hybridized carbons (Fsp3) is 0.222. The highest BCUT2D eigenvalue weighted by molar-refractivity contribution is 7.07. The van der Waals surface area contributed by atoms with E-state index in [1.54, 1.807) is 49.4 Å². The normalized spacial score (nSPS) is 14.9. The number of carbonyl (C=O) groups excluding carboxylic acids is 3. The molecule has 10 nitrogen and oxygen atoms in total. The van der Waals surface area contributed by atoms with Gasteiger partial charge in [-0.1, -0.05) is 29.5 Å². The number of rotatable bonds is 6. The third-order valence-electron chi connectivity index (χ3n) is 5.60. The SMILES string of the molecule is COC(=O)C1=C(C)N=c2s/c(=C\c3cccc(OC(C)=O)c3)c(=O)n2[C@H]1c1ccc(OC(C)=O)c(OC)c1. The van der Waals surface area contributed by atoms with E-state index in [9.17, 15) is 19.2 Å². The van der Waals surface area contributed by atoms with Crippen LogP contribution in [-0.4, -0.2) is 36.7 Å². The lowest BCUT2D eigenvalue weighted by atomic mass is 9.95.